The first-order valence-corrected chi connectivity index (χ1v) is 7.64. The summed E-state index contributed by atoms with van der Waals surface area (Å²) >= 11 is 9.42. The van der Waals surface area contributed by atoms with Crippen LogP contribution >= 0.6 is 27.5 Å². The molecule has 0 spiro atoms. The Bertz CT molecular complexity index is 426. The van der Waals surface area contributed by atoms with E-state index in [1.165, 1.54) is 0 Å². The summed E-state index contributed by atoms with van der Waals surface area (Å²) in [6.07, 6.45) is 1.44. The second kappa shape index (κ2) is 8.56. The lowest BCUT2D eigenvalue weighted by molar-refractivity contribution is -0.121. The van der Waals surface area contributed by atoms with Crippen LogP contribution in [0, 0.1) is 0 Å². The molecule has 0 aliphatic heterocycles. The number of rotatable bonds is 7. The second-order valence-corrected chi connectivity index (χ2v) is 5.83. The van der Waals surface area contributed by atoms with Crippen molar-refractivity contribution in [2.45, 2.75) is 39.3 Å². The van der Waals surface area contributed by atoms with Gasteiger partial charge in [-0.15, -0.1) is 0 Å². The number of nitrogens with one attached hydrogen (secondary N) is 2. The summed E-state index contributed by atoms with van der Waals surface area (Å²) in [5.74, 6) is 0.0898. The van der Waals surface area contributed by atoms with Gasteiger partial charge in [0.25, 0.3) is 0 Å². The smallest absolute Gasteiger partial charge is 0.221 e. The molecule has 0 radical (unpaired) electrons. The first-order chi connectivity index (χ1) is 9.02. The lowest BCUT2D eigenvalue weighted by atomic mass is 10.2. The summed E-state index contributed by atoms with van der Waals surface area (Å²) in [5, 5.41) is 6.90. The number of carbonyl (C=O) groups excluding carboxylic acids is 1. The summed E-state index contributed by atoms with van der Waals surface area (Å²) < 4.78 is 1.02. The first kappa shape index (κ1) is 16.5. The van der Waals surface area contributed by atoms with Crippen LogP contribution in [-0.4, -0.2) is 18.5 Å². The standard InChI is InChI=1S/C14H20BrClN2O/c1-3-10(2)18-14(19)6-7-17-9-11-8-12(16)4-5-13(11)15/h4-5,8,10,17H,3,6-7,9H2,1-2H3,(H,18,19). The number of benzene rings is 1. The zero-order valence-corrected chi connectivity index (χ0v) is 13.6. The van der Waals surface area contributed by atoms with Crippen LogP contribution in [0.25, 0.3) is 0 Å². The van der Waals surface area contributed by atoms with Gasteiger partial charge in [-0.3, -0.25) is 4.79 Å². The highest BCUT2D eigenvalue weighted by molar-refractivity contribution is 9.10. The number of amides is 1. The molecular formula is C14H20BrClN2O. The molecule has 0 bridgehead atoms. The van der Waals surface area contributed by atoms with E-state index >= 15 is 0 Å². The van der Waals surface area contributed by atoms with E-state index in [2.05, 4.69) is 33.5 Å². The highest BCUT2D eigenvalue weighted by Crippen LogP contribution is 2.20. The third-order valence-corrected chi connectivity index (χ3v) is 3.88. The molecule has 0 saturated carbocycles. The molecule has 0 aliphatic rings. The topological polar surface area (TPSA) is 41.1 Å². The van der Waals surface area contributed by atoms with Crippen molar-refractivity contribution >= 4 is 33.4 Å². The highest BCUT2D eigenvalue weighted by atomic mass is 79.9. The largest absolute Gasteiger partial charge is 0.354 e. The van der Waals surface area contributed by atoms with E-state index in [0.717, 1.165) is 21.5 Å². The monoisotopic (exact) mass is 346 g/mol. The fraction of sp³-hybridized carbons (Fsp3) is 0.500. The molecule has 1 amide bonds. The summed E-state index contributed by atoms with van der Waals surface area (Å²) in [4.78, 5) is 11.6. The summed E-state index contributed by atoms with van der Waals surface area (Å²) in [6.45, 7) is 5.41. The van der Waals surface area contributed by atoms with Gasteiger partial charge in [0.05, 0.1) is 0 Å². The van der Waals surface area contributed by atoms with Crippen LogP contribution in [0.3, 0.4) is 0 Å². The van der Waals surface area contributed by atoms with Gasteiger partial charge < -0.3 is 10.6 Å². The SMILES string of the molecule is CCC(C)NC(=O)CCNCc1cc(Cl)ccc1Br. The zero-order valence-electron chi connectivity index (χ0n) is 11.3. The third kappa shape index (κ3) is 6.41. The van der Waals surface area contributed by atoms with Crippen LogP contribution in [-0.2, 0) is 11.3 Å². The molecule has 2 N–H and O–H groups in total. The Morgan fingerprint density at radius 1 is 1.47 bits per heavy atom. The molecule has 3 nitrogen and oxygen atoms in total. The quantitative estimate of drug-likeness (QED) is 0.741. The van der Waals surface area contributed by atoms with Crippen molar-refractivity contribution in [3.63, 3.8) is 0 Å². The van der Waals surface area contributed by atoms with Crippen LogP contribution in [0.5, 0.6) is 0 Å². The molecule has 1 atom stereocenters. The molecule has 5 heteroatoms. The molecule has 1 aromatic rings. The minimum Gasteiger partial charge on any atom is -0.354 e. The molecule has 1 aromatic carbocycles. The van der Waals surface area contributed by atoms with E-state index in [4.69, 9.17) is 11.6 Å². The number of hydrogen-bond donors (Lipinski definition) is 2. The van der Waals surface area contributed by atoms with E-state index in [0.29, 0.717) is 19.5 Å². The Kier molecular flexibility index (Phi) is 7.42. The number of carbonyl (C=O) groups is 1. The van der Waals surface area contributed by atoms with E-state index in [1.807, 2.05) is 25.1 Å². The van der Waals surface area contributed by atoms with Gasteiger partial charge in [0.2, 0.25) is 5.91 Å². The van der Waals surface area contributed by atoms with Gasteiger partial charge in [0.1, 0.15) is 0 Å². The molecule has 0 heterocycles. The molecule has 0 aromatic heterocycles. The molecule has 0 aliphatic carbocycles. The average molecular weight is 348 g/mol. The predicted molar refractivity (Wildman–Crippen MR) is 83.4 cm³/mol. The fourth-order valence-electron chi connectivity index (χ4n) is 1.55. The Hall–Kier alpha value is -0.580. The van der Waals surface area contributed by atoms with E-state index in [-0.39, 0.29) is 11.9 Å². The van der Waals surface area contributed by atoms with Gasteiger partial charge in [-0.05, 0) is 37.1 Å². The summed E-state index contributed by atoms with van der Waals surface area (Å²) in [7, 11) is 0. The molecule has 19 heavy (non-hydrogen) atoms. The lowest BCUT2D eigenvalue weighted by Gasteiger charge is -2.12. The Morgan fingerprint density at radius 2 is 2.21 bits per heavy atom. The first-order valence-electron chi connectivity index (χ1n) is 6.47. The maximum atomic E-state index is 11.6. The maximum absolute atomic E-state index is 11.6. The van der Waals surface area contributed by atoms with Crippen molar-refractivity contribution in [2.75, 3.05) is 6.54 Å². The van der Waals surface area contributed by atoms with Gasteiger partial charge in [0, 0.05) is 35.0 Å². The Balaban J connectivity index is 2.27. The summed E-state index contributed by atoms with van der Waals surface area (Å²) in [6, 6.07) is 5.93. The lowest BCUT2D eigenvalue weighted by Crippen LogP contribution is -2.33. The highest BCUT2D eigenvalue weighted by Gasteiger charge is 2.05. The van der Waals surface area contributed by atoms with Crippen LogP contribution in [0.1, 0.15) is 32.3 Å². The number of halogens is 2. The molecule has 1 rings (SSSR count). The van der Waals surface area contributed by atoms with Crippen molar-refractivity contribution in [1.29, 1.82) is 0 Å². The van der Waals surface area contributed by atoms with E-state index < -0.39 is 0 Å². The van der Waals surface area contributed by atoms with E-state index in [9.17, 15) is 4.79 Å². The van der Waals surface area contributed by atoms with Crippen LogP contribution in [0.4, 0.5) is 0 Å². The normalized spacial score (nSPS) is 12.2. The Labute approximate surface area is 128 Å². The van der Waals surface area contributed by atoms with Gasteiger partial charge in [-0.1, -0.05) is 34.5 Å². The molecular weight excluding hydrogens is 328 g/mol. The van der Waals surface area contributed by atoms with Gasteiger partial charge in [-0.2, -0.15) is 0 Å². The van der Waals surface area contributed by atoms with Crippen molar-refractivity contribution in [1.82, 2.24) is 10.6 Å². The van der Waals surface area contributed by atoms with Crippen LogP contribution in [0.2, 0.25) is 5.02 Å². The van der Waals surface area contributed by atoms with Gasteiger partial charge in [0.15, 0.2) is 0 Å². The molecule has 106 valence electrons. The predicted octanol–water partition coefficient (Wildman–Crippen LogP) is 3.50. The zero-order chi connectivity index (χ0) is 14.3. The third-order valence-electron chi connectivity index (χ3n) is 2.87. The van der Waals surface area contributed by atoms with Gasteiger partial charge >= 0.3 is 0 Å². The average Bonchev–Trinajstić information content (AvgIpc) is 2.38. The van der Waals surface area contributed by atoms with Crippen LogP contribution < -0.4 is 10.6 Å². The second-order valence-electron chi connectivity index (χ2n) is 4.54. The van der Waals surface area contributed by atoms with Crippen molar-refractivity contribution in [3.05, 3.63) is 33.3 Å². The minimum atomic E-state index is 0.0898. The van der Waals surface area contributed by atoms with Gasteiger partial charge in [-0.25, -0.2) is 0 Å². The summed E-state index contributed by atoms with van der Waals surface area (Å²) in [5.41, 5.74) is 1.09. The molecule has 0 saturated heterocycles. The number of hydrogen-bond acceptors (Lipinski definition) is 2. The fourth-order valence-corrected chi connectivity index (χ4v) is 2.13. The maximum Gasteiger partial charge on any atom is 0.221 e. The van der Waals surface area contributed by atoms with E-state index in [1.54, 1.807) is 0 Å². The van der Waals surface area contributed by atoms with Crippen LogP contribution in [0.15, 0.2) is 22.7 Å². The van der Waals surface area contributed by atoms with Crippen molar-refractivity contribution in [3.8, 4) is 0 Å². The molecule has 1 unspecified atom stereocenters. The minimum absolute atomic E-state index is 0.0898. The Morgan fingerprint density at radius 3 is 2.89 bits per heavy atom. The van der Waals surface area contributed by atoms with Crippen molar-refractivity contribution < 1.29 is 4.79 Å². The van der Waals surface area contributed by atoms with Crippen molar-refractivity contribution in [2.24, 2.45) is 0 Å². The molecule has 0 fully saturated rings.